The number of hydrogen-bond acceptors (Lipinski definition) is 5. The van der Waals surface area contributed by atoms with E-state index in [9.17, 15) is 4.79 Å². The molecule has 0 aliphatic rings. The quantitative estimate of drug-likeness (QED) is 0.161. The minimum Gasteiger partial charge on any atom is -0.414 e. The molecule has 0 saturated carbocycles. The van der Waals surface area contributed by atoms with Gasteiger partial charge in [-0.25, -0.2) is 0 Å². The van der Waals surface area contributed by atoms with Gasteiger partial charge in [-0.1, -0.05) is 94.0 Å². The third kappa shape index (κ3) is 9.10. The van der Waals surface area contributed by atoms with Crippen molar-refractivity contribution in [3.63, 3.8) is 0 Å². The van der Waals surface area contributed by atoms with Gasteiger partial charge in [0, 0.05) is 13.2 Å². The number of carbonyl (C=O) groups is 1. The second-order valence-corrected chi connectivity index (χ2v) is 24.0. The molecule has 0 rings (SSSR count). The van der Waals surface area contributed by atoms with E-state index in [1.54, 1.807) is 7.11 Å². The molecule has 0 N–H and O–H groups in total. The number of ether oxygens (including phenoxy) is 1. The maximum absolute atomic E-state index is 13.2. The highest BCUT2D eigenvalue weighted by atomic mass is 32.2. The molecular weight excluding hydrogens is 489 g/mol. The third-order valence-corrected chi connectivity index (χ3v) is 19.5. The molecule has 0 bridgehead atoms. The van der Waals surface area contributed by atoms with Gasteiger partial charge in [-0.2, -0.15) is 0 Å². The molecule has 0 aromatic heterocycles. The number of hydrogen-bond donors (Lipinski definition) is 0. The van der Waals surface area contributed by atoms with Crippen LogP contribution in [0.4, 0.5) is 0 Å². The van der Waals surface area contributed by atoms with Crippen LogP contribution in [0, 0.1) is 5.92 Å². The van der Waals surface area contributed by atoms with Crippen LogP contribution in [0.15, 0.2) is 11.6 Å². The Morgan fingerprint density at radius 2 is 1.34 bits per heavy atom. The number of methoxy groups -OCH3 is 1. The summed E-state index contributed by atoms with van der Waals surface area (Å²) < 4.78 is 19.8. The van der Waals surface area contributed by atoms with Crippen LogP contribution in [0.1, 0.15) is 90.0 Å². The van der Waals surface area contributed by atoms with E-state index in [1.165, 1.54) is 11.8 Å². The predicted octanol–water partition coefficient (Wildman–Crippen LogP) is 8.83. The molecule has 35 heavy (non-hydrogen) atoms. The first-order valence-corrected chi connectivity index (χ1v) is 19.6. The highest BCUT2D eigenvalue weighted by Gasteiger charge is 2.49. The van der Waals surface area contributed by atoms with Gasteiger partial charge in [-0.3, -0.25) is 4.79 Å². The molecule has 4 atom stereocenters. The summed E-state index contributed by atoms with van der Waals surface area (Å²) >= 11 is 1.32. The predicted molar refractivity (Wildman–Crippen MR) is 161 cm³/mol. The summed E-state index contributed by atoms with van der Waals surface area (Å²) in [5.41, 5.74) is 2.33. The van der Waals surface area contributed by atoms with Gasteiger partial charge < -0.3 is 13.6 Å². The van der Waals surface area contributed by atoms with Crippen LogP contribution in [0.3, 0.4) is 0 Å². The average molecular weight is 547 g/mol. The minimum atomic E-state index is -2.25. The standard InChI is InChI=1S/C28H58O4SSi2/c1-17-33-27(29)26(30-14)25(32-35(19(2)3,20(4)5)21(6)7)23(9)18-22(8)24(10)31-34(15,16)28(11,12)13/h18-22,24-26H,17H2,1-16H3/b23-18+/t22-,24+,25-,26-/m1/s1. The number of rotatable bonds is 14. The summed E-state index contributed by atoms with van der Waals surface area (Å²) in [6.45, 7) is 33.6. The third-order valence-electron chi connectivity index (χ3n) is 8.09. The van der Waals surface area contributed by atoms with E-state index in [2.05, 4.69) is 102 Å². The smallest absolute Gasteiger partial charge is 0.220 e. The topological polar surface area (TPSA) is 44.8 Å². The first-order chi connectivity index (χ1) is 15.8. The Labute approximate surface area is 225 Å². The Morgan fingerprint density at radius 1 is 0.886 bits per heavy atom. The van der Waals surface area contributed by atoms with E-state index >= 15 is 0 Å². The summed E-state index contributed by atoms with van der Waals surface area (Å²) in [6, 6.07) is 0. The van der Waals surface area contributed by atoms with Crippen LogP contribution in [0.2, 0.25) is 34.8 Å². The summed E-state index contributed by atoms with van der Waals surface area (Å²) in [5.74, 6) is 0.915. The van der Waals surface area contributed by atoms with Crippen molar-refractivity contribution in [3.8, 4) is 0 Å². The van der Waals surface area contributed by atoms with Crippen LogP contribution < -0.4 is 0 Å². The first kappa shape index (κ1) is 35.1. The first-order valence-electron chi connectivity index (χ1n) is 13.5. The maximum atomic E-state index is 13.2. The fourth-order valence-electron chi connectivity index (χ4n) is 4.98. The van der Waals surface area contributed by atoms with E-state index in [0.717, 1.165) is 11.3 Å². The molecule has 0 amide bonds. The molecule has 0 heterocycles. The van der Waals surface area contributed by atoms with Gasteiger partial charge in [0.1, 0.15) is 6.10 Å². The van der Waals surface area contributed by atoms with Crippen molar-refractivity contribution in [1.29, 1.82) is 0 Å². The van der Waals surface area contributed by atoms with Gasteiger partial charge >= 0.3 is 0 Å². The summed E-state index contributed by atoms with van der Waals surface area (Å²) in [5, 5.41) is 0.206. The highest BCUT2D eigenvalue weighted by molar-refractivity contribution is 8.13. The van der Waals surface area contributed by atoms with Gasteiger partial charge in [0.05, 0.1) is 0 Å². The molecule has 0 fully saturated rings. The molecule has 0 aliphatic heterocycles. The normalized spacial score (nSPS) is 17.7. The van der Waals surface area contributed by atoms with Gasteiger partial charge in [0.15, 0.2) is 14.4 Å². The van der Waals surface area contributed by atoms with Crippen molar-refractivity contribution in [2.24, 2.45) is 5.92 Å². The number of thioether (sulfide) groups is 1. The molecule has 0 unspecified atom stereocenters. The summed E-state index contributed by atoms with van der Waals surface area (Å²) in [6.07, 6.45) is 1.32. The van der Waals surface area contributed by atoms with Crippen molar-refractivity contribution in [2.45, 2.75) is 143 Å². The Morgan fingerprint density at radius 3 is 1.69 bits per heavy atom. The van der Waals surface area contributed by atoms with E-state index in [1.807, 2.05) is 6.92 Å². The largest absolute Gasteiger partial charge is 0.414 e. The van der Waals surface area contributed by atoms with Gasteiger partial charge in [-0.05, 0) is 65.8 Å². The molecule has 0 radical (unpaired) electrons. The lowest BCUT2D eigenvalue weighted by Crippen LogP contribution is -2.54. The van der Waals surface area contributed by atoms with E-state index in [4.69, 9.17) is 13.6 Å². The van der Waals surface area contributed by atoms with Gasteiger partial charge in [0.25, 0.3) is 0 Å². The zero-order valence-corrected chi connectivity index (χ0v) is 28.7. The van der Waals surface area contributed by atoms with Crippen LogP contribution in [-0.4, -0.2) is 52.9 Å². The van der Waals surface area contributed by atoms with Gasteiger partial charge in [0.2, 0.25) is 13.4 Å². The Kier molecular flexibility index (Phi) is 14.3. The lowest BCUT2D eigenvalue weighted by atomic mass is 9.98. The second-order valence-electron chi connectivity index (χ2n) is 12.6. The second kappa shape index (κ2) is 14.3. The average Bonchev–Trinajstić information content (AvgIpc) is 2.68. The zero-order chi connectivity index (χ0) is 27.9. The summed E-state index contributed by atoms with van der Waals surface area (Å²) in [4.78, 5) is 13.2. The molecule has 0 aromatic rings. The van der Waals surface area contributed by atoms with E-state index < -0.39 is 28.8 Å². The highest BCUT2D eigenvalue weighted by Crippen LogP contribution is 2.44. The molecule has 0 saturated heterocycles. The molecule has 0 aliphatic carbocycles. The van der Waals surface area contributed by atoms with Crippen molar-refractivity contribution in [3.05, 3.63) is 11.6 Å². The lowest BCUT2D eigenvalue weighted by molar-refractivity contribution is -0.124. The Hall–Kier alpha value is 0.0738. The SMILES string of the molecule is CCSC(=O)[C@H](OC)[C@H](O[Si](C(C)C)(C(C)C)C(C)C)/C(C)=C/[C@@H](C)[C@H](C)O[Si](C)(C)C(C)(C)C. The molecule has 4 nitrogen and oxygen atoms in total. The van der Waals surface area contributed by atoms with Crippen LogP contribution >= 0.6 is 11.8 Å². The van der Waals surface area contributed by atoms with Crippen molar-refractivity contribution in [1.82, 2.24) is 0 Å². The molecule has 208 valence electrons. The zero-order valence-electron chi connectivity index (χ0n) is 25.9. The molecule has 7 heteroatoms. The number of carbonyl (C=O) groups excluding carboxylic acids is 1. The molecule has 0 aromatic carbocycles. The molecular formula is C28H58O4SSi2. The Bertz CT molecular complexity index is 661. The van der Waals surface area contributed by atoms with E-state index in [0.29, 0.717) is 16.6 Å². The van der Waals surface area contributed by atoms with Crippen molar-refractivity contribution in [2.75, 3.05) is 12.9 Å². The van der Waals surface area contributed by atoms with Gasteiger partial charge in [-0.15, -0.1) is 0 Å². The van der Waals surface area contributed by atoms with Crippen molar-refractivity contribution < 1.29 is 18.4 Å². The lowest BCUT2D eigenvalue weighted by Gasteiger charge is -2.46. The van der Waals surface area contributed by atoms with Crippen LogP contribution in [0.25, 0.3) is 0 Å². The minimum absolute atomic E-state index is 0.0464. The van der Waals surface area contributed by atoms with Crippen LogP contribution in [-0.2, 0) is 18.4 Å². The maximum Gasteiger partial charge on any atom is 0.220 e. The fourth-order valence-corrected chi connectivity index (χ4v) is 12.7. The van der Waals surface area contributed by atoms with Crippen LogP contribution in [0.5, 0.6) is 0 Å². The summed E-state index contributed by atoms with van der Waals surface area (Å²) in [7, 11) is -2.50. The van der Waals surface area contributed by atoms with Crippen molar-refractivity contribution >= 4 is 33.5 Å². The molecule has 0 spiro atoms. The monoisotopic (exact) mass is 546 g/mol. The van der Waals surface area contributed by atoms with E-state index in [-0.39, 0.29) is 22.2 Å². The fraction of sp³-hybridized carbons (Fsp3) is 0.893. The Balaban J connectivity index is 6.42.